The number of rotatable bonds is 4. The minimum atomic E-state index is -0.722. The molecule has 2 N–H and O–H groups in total. The zero-order chi connectivity index (χ0) is 21.8. The number of aliphatic hydroxyl groups excluding tert-OH is 1. The van der Waals surface area contributed by atoms with Crippen molar-refractivity contribution in [1.82, 2.24) is 0 Å². The molecule has 0 spiro atoms. The second kappa shape index (κ2) is 7.86. The van der Waals surface area contributed by atoms with Gasteiger partial charge in [-0.05, 0) is 98.1 Å². The van der Waals surface area contributed by atoms with E-state index in [4.69, 9.17) is 11.6 Å². The van der Waals surface area contributed by atoms with Crippen LogP contribution in [0.2, 0.25) is 5.02 Å². The zero-order valence-corrected chi connectivity index (χ0v) is 19.1. The molecule has 1 aromatic carbocycles. The zero-order valence-electron chi connectivity index (χ0n) is 18.4. The van der Waals surface area contributed by atoms with Crippen molar-refractivity contribution in [1.29, 1.82) is 0 Å². The van der Waals surface area contributed by atoms with Crippen LogP contribution < -0.4 is 0 Å². The molecule has 31 heavy (non-hydrogen) atoms. The summed E-state index contributed by atoms with van der Waals surface area (Å²) in [6.07, 6.45) is 9.53. The number of ketones is 1. The second-order valence-electron chi connectivity index (χ2n) is 10.4. The molecule has 0 aliphatic heterocycles. The Morgan fingerprint density at radius 3 is 2.65 bits per heavy atom. The maximum atomic E-state index is 12.1. The smallest absolute Gasteiger partial charge is 0.156 e. The summed E-state index contributed by atoms with van der Waals surface area (Å²) in [6, 6.07) is 8.24. The largest absolute Gasteiger partial charge is 0.396 e. The van der Waals surface area contributed by atoms with Crippen molar-refractivity contribution < 1.29 is 15.0 Å². The number of carbonyl (C=O) groups is 1. The molecule has 0 heterocycles. The number of carbonyl (C=O) groups excluding carboxylic acids is 1. The highest BCUT2D eigenvalue weighted by molar-refractivity contribution is 6.30. The molecule has 0 bridgehead atoms. The van der Waals surface area contributed by atoms with Gasteiger partial charge < -0.3 is 10.2 Å². The Kier molecular flexibility index (Phi) is 5.44. The summed E-state index contributed by atoms with van der Waals surface area (Å²) in [7, 11) is 0. The first-order valence-electron chi connectivity index (χ1n) is 11.9. The van der Waals surface area contributed by atoms with E-state index in [1.54, 1.807) is 5.57 Å². The lowest BCUT2D eigenvalue weighted by Crippen LogP contribution is -2.51. The fourth-order valence-corrected chi connectivity index (χ4v) is 7.66. The van der Waals surface area contributed by atoms with Crippen molar-refractivity contribution >= 4 is 17.4 Å². The van der Waals surface area contributed by atoms with E-state index in [0.717, 1.165) is 43.5 Å². The fraction of sp³-hybridized carbons (Fsp3) is 0.593. The lowest BCUT2D eigenvalue weighted by atomic mass is 9.51. The molecule has 166 valence electrons. The van der Waals surface area contributed by atoms with Gasteiger partial charge in [0.05, 0.1) is 5.60 Å². The van der Waals surface area contributed by atoms with E-state index >= 15 is 0 Å². The van der Waals surface area contributed by atoms with Crippen molar-refractivity contribution in [2.75, 3.05) is 6.61 Å². The summed E-state index contributed by atoms with van der Waals surface area (Å²) in [5.41, 5.74) is 4.61. The molecule has 2 saturated carbocycles. The SMILES string of the molecule is C[C@]12C[C@H](c3ccc(Cl)cc3)C3=C4CCC(=O)C=C4CC[C@H]3[C@@H]1CC[C@]2(O)CCCO. The molecule has 0 unspecified atom stereocenters. The molecular weight excluding hydrogens is 408 g/mol. The summed E-state index contributed by atoms with van der Waals surface area (Å²) in [5, 5.41) is 22.0. The van der Waals surface area contributed by atoms with Crippen molar-refractivity contribution in [2.24, 2.45) is 17.3 Å². The van der Waals surface area contributed by atoms with E-state index in [1.165, 1.54) is 16.7 Å². The van der Waals surface area contributed by atoms with Gasteiger partial charge in [0.25, 0.3) is 0 Å². The van der Waals surface area contributed by atoms with Gasteiger partial charge in [-0.2, -0.15) is 0 Å². The third-order valence-corrected chi connectivity index (χ3v) is 9.33. The molecule has 0 saturated heterocycles. The van der Waals surface area contributed by atoms with E-state index in [2.05, 4.69) is 19.1 Å². The molecule has 0 radical (unpaired) electrons. The number of halogens is 1. The quantitative estimate of drug-likeness (QED) is 0.627. The van der Waals surface area contributed by atoms with E-state index < -0.39 is 5.60 Å². The molecule has 4 heteroatoms. The highest BCUT2D eigenvalue weighted by atomic mass is 35.5. The summed E-state index contributed by atoms with van der Waals surface area (Å²) in [5.74, 6) is 1.43. The molecule has 2 fully saturated rings. The predicted octanol–water partition coefficient (Wildman–Crippen LogP) is 5.74. The first-order valence-corrected chi connectivity index (χ1v) is 12.3. The van der Waals surface area contributed by atoms with Crippen LogP contribution in [0, 0.1) is 17.3 Å². The van der Waals surface area contributed by atoms with Gasteiger partial charge in [-0.1, -0.05) is 36.2 Å². The summed E-state index contributed by atoms with van der Waals surface area (Å²) in [6.45, 7) is 2.44. The van der Waals surface area contributed by atoms with Crippen LogP contribution in [0.15, 0.2) is 47.1 Å². The first-order chi connectivity index (χ1) is 14.9. The second-order valence-corrected chi connectivity index (χ2v) is 10.9. The van der Waals surface area contributed by atoms with Gasteiger partial charge in [0.2, 0.25) is 0 Å². The molecule has 0 aromatic heterocycles. The van der Waals surface area contributed by atoms with E-state index in [-0.39, 0.29) is 23.7 Å². The van der Waals surface area contributed by atoms with Crippen LogP contribution >= 0.6 is 11.6 Å². The van der Waals surface area contributed by atoms with Gasteiger partial charge in [-0.25, -0.2) is 0 Å². The minimum Gasteiger partial charge on any atom is -0.396 e. The average molecular weight is 441 g/mol. The maximum Gasteiger partial charge on any atom is 0.156 e. The Morgan fingerprint density at radius 2 is 1.90 bits per heavy atom. The topological polar surface area (TPSA) is 57.5 Å². The molecular formula is C27H33ClO3. The molecule has 4 aliphatic carbocycles. The van der Waals surface area contributed by atoms with Crippen LogP contribution in [0.25, 0.3) is 0 Å². The maximum absolute atomic E-state index is 12.1. The van der Waals surface area contributed by atoms with Crippen LogP contribution in [-0.4, -0.2) is 28.2 Å². The van der Waals surface area contributed by atoms with Crippen LogP contribution in [-0.2, 0) is 4.79 Å². The lowest BCUT2D eigenvalue weighted by molar-refractivity contribution is -0.114. The van der Waals surface area contributed by atoms with Gasteiger partial charge in [-0.15, -0.1) is 0 Å². The monoisotopic (exact) mass is 440 g/mol. The summed E-state index contributed by atoms with van der Waals surface area (Å²) >= 11 is 6.21. The Morgan fingerprint density at radius 1 is 1.13 bits per heavy atom. The normalized spacial score (nSPS) is 37.2. The van der Waals surface area contributed by atoms with Crippen molar-refractivity contribution in [2.45, 2.75) is 76.2 Å². The number of fused-ring (bicyclic) bond motifs is 4. The van der Waals surface area contributed by atoms with Gasteiger partial charge in [-0.3, -0.25) is 4.79 Å². The number of hydrogen-bond donors (Lipinski definition) is 2. The third kappa shape index (κ3) is 3.35. The minimum absolute atomic E-state index is 0.130. The summed E-state index contributed by atoms with van der Waals surface area (Å²) in [4.78, 5) is 12.1. The van der Waals surface area contributed by atoms with Crippen molar-refractivity contribution in [3.05, 3.63) is 57.6 Å². The van der Waals surface area contributed by atoms with Gasteiger partial charge >= 0.3 is 0 Å². The molecule has 1 aromatic rings. The number of hydrogen-bond acceptors (Lipinski definition) is 3. The van der Waals surface area contributed by atoms with Gasteiger partial charge in [0, 0.05) is 29.4 Å². The Hall–Kier alpha value is -1.42. The summed E-state index contributed by atoms with van der Waals surface area (Å²) < 4.78 is 0. The van der Waals surface area contributed by atoms with Crippen LogP contribution in [0.1, 0.15) is 76.2 Å². The van der Waals surface area contributed by atoms with E-state index in [0.29, 0.717) is 31.1 Å². The van der Waals surface area contributed by atoms with Crippen LogP contribution in [0.4, 0.5) is 0 Å². The molecule has 4 aliphatic rings. The fourth-order valence-electron chi connectivity index (χ4n) is 7.53. The highest BCUT2D eigenvalue weighted by Crippen LogP contribution is 2.67. The van der Waals surface area contributed by atoms with Crippen molar-refractivity contribution in [3.63, 3.8) is 0 Å². The van der Waals surface area contributed by atoms with Gasteiger partial charge in [0.15, 0.2) is 5.78 Å². The average Bonchev–Trinajstić information content (AvgIpc) is 3.02. The van der Waals surface area contributed by atoms with Crippen molar-refractivity contribution in [3.8, 4) is 0 Å². The molecule has 5 rings (SSSR count). The highest BCUT2D eigenvalue weighted by Gasteiger charge is 2.62. The van der Waals surface area contributed by atoms with E-state index in [9.17, 15) is 15.0 Å². The van der Waals surface area contributed by atoms with Crippen LogP contribution in [0.3, 0.4) is 0 Å². The first kappa shape index (κ1) is 21.4. The number of allylic oxidation sites excluding steroid dienone is 4. The lowest BCUT2D eigenvalue weighted by Gasteiger charge is -2.55. The third-order valence-electron chi connectivity index (χ3n) is 9.08. The Bertz CT molecular complexity index is 946. The van der Waals surface area contributed by atoms with E-state index in [1.807, 2.05) is 18.2 Å². The number of benzene rings is 1. The molecule has 3 nitrogen and oxygen atoms in total. The Labute approximate surface area is 190 Å². The predicted molar refractivity (Wildman–Crippen MR) is 123 cm³/mol. The number of aliphatic hydroxyl groups is 2. The van der Waals surface area contributed by atoms with Gasteiger partial charge in [0.1, 0.15) is 0 Å². The van der Waals surface area contributed by atoms with Crippen LogP contribution in [0.5, 0.6) is 0 Å². The molecule has 0 amide bonds. The standard InChI is InChI=1S/C27H33ClO3/c1-26-16-23(17-3-6-19(28)7-4-17)25-21-10-8-20(30)15-18(21)5-9-22(25)24(26)11-13-27(26,31)12-2-14-29/h3-4,6-7,15,22-24,29,31H,2,5,8-14,16H2,1H3/t22-,23+,24-,26-,27+/m0/s1. The Balaban J connectivity index is 1.64. The molecule has 5 atom stereocenters.